The Morgan fingerprint density at radius 3 is 2.64 bits per heavy atom. The Morgan fingerprint density at radius 1 is 1.64 bits per heavy atom. The van der Waals surface area contributed by atoms with Crippen LogP contribution in [0.2, 0.25) is 0 Å². The Balaban J connectivity index is 4.22. The van der Waals surface area contributed by atoms with Crippen molar-refractivity contribution in [3.63, 3.8) is 0 Å². The van der Waals surface area contributed by atoms with Crippen molar-refractivity contribution >= 4 is 5.71 Å². The van der Waals surface area contributed by atoms with Gasteiger partial charge in [-0.1, -0.05) is 11.2 Å². The highest BCUT2D eigenvalue weighted by Crippen LogP contribution is 1.95. The predicted molar refractivity (Wildman–Crippen MR) is 47.8 cm³/mol. The molecule has 64 valence electrons. The van der Waals surface area contributed by atoms with E-state index in [-0.39, 0.29) is 0 Å². The zero-order valence-corrected chi connectivity index (χ0v) is 7.64. The van der Waals surface area contributed by atoms with Crippen molar-refractivity contribution in [2.45, 2.75) is 13.8 Å². The SMILES string of the molecule is CC=C(C)C(CNC)=NOC. The first-order valence-electron chi connectivity index (χ1n) is 3.64. The Morgan fingerprint density at radius 2 is 2.27 bits per heavy atom. The molecule has 0 aromatic rings. The minimum Gasteiger partial charge on any atom is -0.399 e. The first kappa shape index (κ1) is 10.2. The Kier molecular flexibility index (Phi) is 5.47. The molecule has 3 heteroatoms. The molecule has 0 amide bonds. The normalized spacial score (nSPS) is 13.5. The summed E-state index contributed by atoms with van der Waals surface area (Å²) in [6, 6.07) is 0. The Hall–Kier alpha value is -0.830. The molecule has 0 aliphatic rings. The zero-order chi connectivity index (χ0) is 8.69. The first-order valence-corrected chi connectivity index (χ1v) is 3.64. The maximum absolute atomic E-state index is 4.69. The highest BCUT2D eigenvalue weighted by molar-refractivity contribution is 6.00. The molecule has 0 atom stereocenters. The summed E-state index contributed by atoms with van der Waals surface area (Å²) < 4.78 is 0. The summed E-state index contributed by atoms with van der Waals surface area (Å²) in [6.45, 7) is 4.73. The van der Waals surface area contributed by atoms with Crippen LogP contribution in [-0.2, 0) is 4.84 Å². The molecule has 3 nitrogen and oxygen atoms in total. The van der Waals surface area contributed by atoms with E-state index in [1.807, 2.05) is 27.0 Å². The first-order chi connectivity index (χ1) is 5.26. The van der Waals surface area contributed by atoms with Crippen LogP contribution < -0.4 is 5.32 Å². The molecule has 0 aromatic carbocycles. The second-order valence-corrected chi connectivity index (χ2v) is 2.22. The summed E-state index contributed by atoms with van der Waals surface area (Å²) in [7, 11) is 3.44. The maximum Gasteiger partial charge on any atom is 0.106 e. The minimum absolute atomic E-state index is 0.740. The van der Waals surface area contributed by atoms with Crippen molar-refractivity contribution < 1.29 is 4.84 Å². The second-order valence-electron chi connectivity index (χ2n) is 2.22. The molecular formula is C8H16N2O. The molecule has 0 rings (SSSR count). The van der Waals surface area contributed by atoms with Gasteiger partial charge in [0.05, 0.1) is 5.71 Å². The topological polar surface area (TPSA) is 33.6 Å². The molecule has 0 fully saturated rings. The van der Waals surface area contributed by atoms with Crippen molar-refractivity contribution in [3.8, 4) is 0 Å². The van der Waals surface area contributed by atoms with E-state index in [1.54, 1.807) is 7.11 Å². The number of allylic oxidation sites excluding steroid dienone is 1. The molecule has 1 N–H and O–H groups in total. The molecule has 0 radical (unpaired) electrons. The van der Waals surface area contributed by atoms with E-state index in [9.17, 15) is 0 Å². The van der Waals surface area contributed by atoms with E-state index in [2.05, 4.69) is 15.3 Å². The highest BCUT2D eigenvalue weighted by atomic mass is 16.6. The lowest BCUT2D eigenvalue weighted by Gasteiger charge is -2.03. The van der Waals surface area contributed by atoms with Crippen LogP contribution in [0.4, 0.5) is 0 Å². The van der Waals surface area contributed by atoms with Gasteiger partial charge in [0, 0.05) is 6.54 Å². The molecule has 0 saturated carbocycles. The lowest BCUT2D eigenvalue weighted by molar-refractivity contribution is 0.213. The van der Waals surface area contributed by atoms with Gasteiger partial charge >= 0.3 is 0 Å². The molecule has 0 aliphatic heterocycles. The number of rotatable bonds is 4. The van der Waals surface area contributed by atoms with Gasteiger partial charge < -0.3 is 10.2 Å². The van der Waals surface area contributed by atoms with Gasteiger partial charge in [0.15, 0.2) is 0 Å². The standard InChI is InChI=1S/C8H16N2O/c1-5-7(2)8(6-9-3)10-11-4/h5,9H,6H2,1-4H3. The quantitative estimate of drug-likeness (QED) is 0.489. The van der Waals surface area contributed by atoms with Crippen LogP contribution >= 0.6 is 0 Å². The van der Waals surface area contributed by atoms with Gasteiger partial charge in [-0.25, -0.2) is 0 Å². The fourth-order valence-electron chi connectivity index (χ4n) is 0.688. The highest BCUT2D eigenvalue weighted by Gasteiger charge is 1.99. The van der Waals surface area contributed by atoms with Crippen LogP contribution in [0.3, 0.4) is 0 Å². The van der Waals surface area contributed by atoms with Crippen LogP contribution in [0.15, 0.2) is 16.8 Å². The Labute approximate surface area is 68.1 Å². The number of oxime groups is 1. The summed E-state index contributed by atoms with van der Waals surface area (Å²) in [5.41, 5.74) is 2.08. The zero-order valence-electron chi connectivity index (χ0n) is 7.64. The molecular weight excluding hydrogens is 140 g/mol. The molecule has 0 heterocycles. The van der Waals surface area contributed by atoms with E-state index in [4.69, 9.17) is 0 Å². The van der Waals surface area contributed by atoms with Crippen molar-refractivity contribution in [2.75, 3.05) is 20.7 Å². The number of nitrogens with zero attached hydrogens (tertiary/aromatic N) is 1. The van der Waals surface area contributed by atoms with Gasteiger partial charge in [-0.05, 0) is 26.5 Å². The maximum atomic E-state index is 4.69. The molecule has 0 bridgehead atoms. The monoisotopic (exact) mass is 156 g/mol. The molecule has 0 saturated heterocycles. The lowest BCUT2D eigenvalue weighted by atomic mass is 10.2. The number of hydrogen-bond acceptors (Lipinski definition) is 3. The summed E-state index contributed by atoms with van der Waals surface area (Å²) in [4.78, 5) is 4.69. The number of nitrogens with one attached hydrogen (secondary N) is 1. The van der Waals surface area contributed by atoms with Gasteiger partial charge in [-0.15, -0.1) is 0 Å². The average Bonchev–Trinajstić information content (AvgIpc) is 2.03. The summed E-state index contributed by atoms with van der Waals surface area (Å²) in [5, 5.41) is 6.89. The summed E-state index contributed by atoms with van der Waals surface area (Å²) in [5.74, 6) is 0. The minimum atomic E-state index is 0.740. The lowest BCUT2D eigenvalue weighted by Crippen LogP contribution is -2.19. The van der Waals surface area contributed by atoms with E-state index in [1.165, 1.54) is 0 Å². The van der Waals surface area contributed by atoms with E-state index >= 15 is 0 Å². The fourth-order valence-corrected chi connectivity index (χ4v) is 0.688. The van der Waals surface area contributed by atoms with Gasteiger partial charge in [-0.2, -0.15) is 0 Å². The van der Waals surface area contributed by atoms with Crippen molar-refractivity contribution in [3.05, 3.63) is 11.6 Å². The van der Waals surface area contributed by atoms with E-state index in [0.29, 0.717) is 0 Å². The third-order valence-electron chi connectivity index (χ3n) is 1.43. The summed E-state index contributed by atoms with van der Waals surface area (Å²) in [6.07, 6.45) is 2.01. The summed E-state index contributed by atoms with van der Waals surface area (Å²) >= 11 is 0. The average molecular weight is 156 g/mol. The smallest absolute Gasteiger partial charge is 0.106 e. The van der Waals surface area contributed by atoms with Crippen LogP contribution in [0.1, 0.15) is 13.8 Å². The molecule has 11 heavy (non-hydrogen) atoms. The van der Waals surface area contributed by atoms with Gasteiger partial charge in [0.2, 0.25) is 0 Å². The Bertz CT molecular complexity index is 161. The van der Waals surface area contributed by atoms with Crippen molar-refractivity contribution in [1.29, 1.82) is 0 Å². The third kappa shape index (κ3) is 3.78. The van der Waals surface area contributed by atoms with Gasteiger partial charge in [0.1, 0.15) is 7.11 Å². The van der Waals surface area contributed by atoms with Gasteiger partial charge in [0.25, 0.3) is 0 Å². The number of hydrogen-bond donors (Lipinski definition) is 1. The van der Waals surface area contributed by atoms with Crippen LogP contribution in [-0.4, -0.2) is 26.4 Å². The fraction of sp³-hybridized carbons (Fsp3) is 0.625. The molecule has 0 spiro atoms. The van der Waals surface area contributed by atoms with E-state index in [0.717, 1.165) is 17.8 Å². The molecule has 0 aromatic heterocycles. The second kappa shape index (κ2) is 5.92. The predicted octanol–water partition coefficient (Wildman–Crippen LogP) is 1.17. The third-order valence-corrected chi connectivity index (χ3v) is 1.43. The van der Waals surface area contributed by atoms with E-state index < -0.39 is 0 Å². The van der Waals surface area contributed by atoms with Gasteiger partial charge in [-0.3, -0.25) is 0 Å². The molecule has 0 aliphatic carbocycles. The largest absolute Gasteiger partial charge is 0.399 e. The van der Waals surface area contributed by atoms with Crippen molar-refractivity contribution in [2.24, 2.45) is 5.16 Å². The van der Waals surface area contributed by atoms with Crippen molar-refractivity contribution in [1.82, 2.24) is 5.32 Å². The molecule has 0 unspecified atom stereocenters. The van der Waals surface area contributed by atoms with Crippen LogP contribution in [0, 0.1) is 0 Å². The van der Waals surface area contributed by atoms with Crippen LogP contribution in [0.25, 0.3) is 0 Å². The van der Waals surface area contributed by atoms with Crippen LogP contribution in [0.5, 0.6) is 0 Å².